The number of ether oxygens (including phenoxy) is 1. The van der Waals surface area contributed by atoms with Crippen molar-refractivity contribution in [2.75, 3.05) is 6.54 Å². The van der Waals surface area contributed by atoms with E-state index in [1.54, 1.807) is 12.1 Å². The van der Waals surface area contributed by atoms with E-state index >= 15 is 0 Å². The molecule has 9 rings (SSSR count). The Morgan fingerprint density at radius 3 is 1.69 bits per heavy atom. The summed E-state index contributed by atoms with van der Waals surface area (Å²) in [5.74, 6) is -5.39. The highest BCUT2D eigenvalue weighted by Crippen LogP contribution is 2.61. The van der Waals surface area contributed by atoms with Crippen LogP contribution in [0.2, 0.25) is 15.1 Å². The van der Waals surface area contributed by atoms with Crippen molar-refractivity contribution in [1.29, 1.82) is 0 Å². The highest BCUT2D eigenvalue weighted by atomic mass is 35.5. The van der Waals surface area contributed by atoms with Gasteiger partial charge in [0.2, 0.25) is 0 Å². The van der Waals surface area contributed by atoms with Crippen LogP contribution in [0.4, 0.5) is 0 Å². The minimum atomic E-state index is -0.776. The van der Waals surface area contributed by atoms with Gasteiger partial charge in [-0.3, -0.25) is 19.2 Å². The normalized spacial score (nSPS) is 19.6. The largest absolute Gasteiger partial charge is 0.423 e. The van der Waals surface area contributed by atoms with Crippen LogP contribution >= 0.6 is 34.8 Å². The Labute approximate surface area is 307 Å². The molecule has 4 aliphatic rings. The fourth-order valence-corrected chi connectivity index (χ4v) is 8.36. The lowest BCUT2D eigenvalue weighted by Crippen LogP contribution is -2.52. The molecule has 0 radical (unpaired) electrons. The molecule has 5 aromatic rings. The van der Waals surface area contributed by atoms with E-state index in [0.717, 1.165) is 32.3 Å². The molecule has 0 N–H and O–H groups in total. The Morgan fingerprint density at radius 2 is 1.16 bits per heavy atom. The molecule has 8 nitrogen and oxygen atoms in total. The van der Waals surface area contributed by atoms with Crippen LogP contribution in [0.15, 0.2) is 115 Å². The average molecular weight is 736 g/mol. The predicted octanol–water partition coefficient (Wildman–Crippen LogP) is 8.00. The molecule has 11 heteroatoms. The molecule has 51 heavy (non-hydrogen) atoms. The third kappa shape index (κ3) is 5.42. The van der Waals surface area contributed by atoms with Crippen LogP contribution in [0.1, 0.15) is 65.2 Å². The molecule has 3 aliphatic carbocycles. The third-order valence-electron chi connectivity index (χ3n) is 9.84. The summed E-state index contributed by atoms with van der Waals surface area (Å²) in [4.78, 5) is 69.9. The van der Waals surface area contributed by atoms with Crippen molar-refractivity contribution >= 4 is 64.3 Å². The van der Waals surface area contributed by atoms with Crippen molar-refractivity contribution in [3.8, 4) is 5.75 Å². The fraction of sp³-hybridized carbons (Fsp3) is 0.125. The number of ketones is 1. The molecule has 0 unspecified atom stereocenters. The zero-order valence-corrected chi connectivity index (χ0v) is 28.7. The van der Waals surface area contributed by atoms with Crippen LogP contribution in [0.5, 0.6) is 5.75 Å². The summed E-state index contributed by atoms with van der Waals surface area (Å²) in [5, 5.41) is 2.36. The minimum Gasteiger partial charge on any atom is -0.423 e. The van der Waals surface area contributed by atoms with Crippen molar-refractivity contribution in [1.82, 2.24) is 10.0 Å². The first kappa shape index (κ1) is 32.9. The summed E-state index contributed by atoms with van der Waals surface area (Å²) in [5.41, 5.74) is 4.19. The van der Waals surface area contributed by atoms with Gasteiger partial charge < -0.3 is 4.74 Å². The lowest BCUT2D eigenvalue weighted by atomic mass is 9.55. The number of amides is 3. The number of Topliss-reactive ketones (excluding diaryl/α,β-unsaturated/α-hetero) is 1. The highest BCUT2D eigenvalue weighted by molar-refractivity contribution is 6.36. The van der Waals surface area contributed by atoms with Gasteiger partial charge in [0.25, 0.3) is 17.7 Å². The van der Waals surface area contributed by atoms with Crippen molar-refractivity contribution < 1.29 is 28.7 Å². The average Bonchev–Trinajstić information content (AvgIpc) is 3.40. The van der Waals surface area contributed by atoms with Crippen LogP contribution in [0.3, 0.4) is 0 Å². The van der Waals surface area contributed by atoms with E-state index in [4.69, 9.17) is 39.5 Å². The summed E-state index contributed by atoms with van der Waals surface area (Å²) >= 11 is 18.5. The number of halogens is 3. The second-order valence-corrected chi connectivity index (χ2v) is 13.8. The number of nitrogens with zero attached hydrogens (tertiary/aromatic N) is 2. The molecular formula is C40H25Cl3N2O6. The van der Waals surface area contributed by atoms with Crippen LogP contribution in [-0.2, 0) is 9.59 Å². The second-order valence-electron chi connectivity index (χ2n) is 12.6. The smallest absolute Gasteiger partial charge is 0.345 e. The second kappa shape index (κ2) is 12.8. The fourth-order valence-electron chi connectivity index (χ4n) is 7.66. The number of imide groups is 1. The standard InChI is InChI=1S/C40H25Cl3N2O6/c41-22-15-18-29(31(43)19-22)40(50)51-23-16-13-21(14-17-23)32(46)20-44(37(47)28-11-5-6-12-30(28)42)45-38(48)35-33-24-7-1-2-8-25(24)34(36(35)39(45)49)27-10-4-3-9-26(27)33/h1-19,33-36H,20H2/t33?,34?,35-,36-/m0/s1. The molecular weight excluding hydrogens is 711 g/mol. The monoisotopic (exact) mass is 734 g/mol. The predicted molar refractivity (Wildman–Crippen MR) is 190 cm³/mol. The maximum atomic E-state index is 14.5. The van der Waals surface area contributed by atoms with E-state index in [-0.39, 0.29) is 32.5 Å². The zero-order valence-electron chi connectivity index (χ0n) is 26.5. The van der Waals surface area contributed by atoms with Gasteiger partial charge in [-0.2, -0.15) is 5.01 Å². The summed E-state index contributed by atoms with van der Waals surface area (Å²) in [7, 11) is 0. The first-order chi connectivity index (χ1) is 24.6. The summed E-state index contributed by atoms with van der Waals surface area (Å²) in [6.45, 7) is -0.643. The molecule has 5 aromatic carbocycles. The number of carbonyl (C=O) groups is 5. The Kier molecular flexibility index (Phi) is 8.26. The molecule has 1 fully saturated rings. The van der Waals surface area contributed by atoms with Crippen LogP contribution in [-0.4, -0.2) is 46.0 Å². The van der Waals surface area contributed by atoms with Crippen LogP contribution in [0.25, 0.3) is 0 Å². The third-order valence-corrected chi connectivity index (χ3v) is 10.7. The Morgan fingerprint density at radius 1 is 0.627 bits per heavy atom. The van der Waals surface area contributed by atoms with Gasteiger partial charge in [-0.25, -0.2) is 9.80 Å². The van der Waals surface area contributed by atoms with Gasteiger partial charge in [-0.05, 0) is 76.9 Å². The van der Waals surface area contributed by atoms with Gasteiger partial charge in [-0.1, -0.05) is 95.5 Å². The van der Waals surface area contributed by atoms with E-state index in [9.17, 15) is 24.0 Å². The molecule has 2 atom stereocenters. The van der Waals surface area contributed by atoms with Gasteiger partial charge in [0, 0.05) is 22.4 Å². The maximum Gasteiger partial charge on any atom is 0.345 e. The lowest BCUT2D eigenvalue weighted by molar-refractivity contribution is -0.154. The topological polar surface area (TPSA) is 101 Å². The summed E-state index contributed by atoms with van der Waals surface area (Å²) in [6.07, 6.45) is 0. The van der Waals surface area contributed by atoms with Crippen LogP contribution in [0, 0.1) is 11.8 Å². The SMILES string of the molecule is O=C(CN(C(=O)c1ccccc1Cl)N1C(=O)[C@H]2C3c4ccccc4C(c4ccccc43)[C@@H]2C1=O)c1ccc(OC(=O)c2ccc(Cl)cc2Cl)cc1. The molecule has 3 amide bonds. The summed E-state index contributed by atoms with van der Waals surface area (Å²) < 4.78 is 5.43. The van der Waals surface area contributed by atoms with Gasteiger partial charge in [0.1, 0.15) is 12.3 Å². The number of rotatable bonds is 7. The van der Waals surface area contributed by atoms with Gasteiger partial charge in [0.05, 0.1) is 33.0 Å². The van der Waals surface area contributed by atoms with Crippen molar-refractivity contribution in [2.24, 2.45) is 11.8 Å². The number of hydrogen-bond donors (Lipinski definition) is 0. The number of carbonyl (C=O) groups excluding carboxylic acids is 5. The van der Waals surface area contributed by atoms with Gasteiger partial charge in [-0.15, -0.1) is 0 Å². The first-order valence-electron chi connectivity index (χ1n) is 16.1. The van der Waals surface area contributed by atoms with Crippen molar-refractivity contribution in [3.63, 3.8) is 0 Å². The van der Waals surface area contributed by atoms with Crippen molar-refractivity contribution in [2.45, 2.75) is 11.8 Å². The molecule has 252 valence electrons. The molecule has 2 bridgehead atoms. The van der Waals surface area contributed by atoms with Gasteiger partial charge in [0.15, 0.2) is 5.78 Å². The molecule has 1 heterocycles. The van der Waals surface area contributed by atoms with Crippen molar-refractivity contribution in [3.05, 3.63) is 169 Å². The molecule has 1 saturated heterocycles. The Balaban J connectivity index is 1.12. The molecule has 0 spiro atoms. The van der Waals surface area contributed by atoms with E-state index in [1.165, 1.54) is 54.6 Å². The van der Waals surface area contributed by atoms with E-state index in [1.807, 2.05) is 48.5 Å². The quantitative estimate of drug-likeness (QED) is 0.0727. The molecule has 0 saturated carbocycles. The van der Waals surface area contributed by atoms with Gasteiger partial charge >= 0.3 is 5.97 Å². The number of hydrogen-bond acceptors (Lipinski definition) is 6. The van der Waals surface area contributed by atoms with E-state index < -0.39 is 59.7 Å². The maximum absolute atomic E-state index is 14.5. The number of hydrazine groups is 1. The summed E-state index contributed by atoms with van der Waals surface area (Å²) in [6, 6.07) is 31.9. The first-order valence-corrected chi connectivity index (χ1v) is 17.2. The molecule has 1 aliphatic heterocycles. The highest BCUT2D eigenvalue weighted by Gasteiger charge is 2.63. The Hall–Kier alpha value is -5.28. The van der Waals surface area contributed by atoms with E-state index in [2.05, 4.69) is 0 Å². The van der Waals surface area contributed by atoms with E-state index in [0.29, 0.717) is 5.02 Å². The number of esters is 1. The molecule has 0 aromatic heterocycles. The number of benzene rings is 5. The zero-order chi connectivity index (χ0) is 35.6. The van der Waals surface area contributed by atoms with Crippen LogP contribution < -0.4 is 4.74 Å². The minimum absolute atomic E-state index is 0.0279. The lowest BCUT2D eigenvalue weighted by Gasteiger charge is -2.45. The Bertz CT molecular complexity index is 2190.